The van der Waals surface area contributed by atoms with E-state index in [9.17, 15) is 27.6 Å². The number of rotatable bonds is 5. The highest BCUT2D eigenvalue weighted by molar-refractivity contribution is 7.23. The molecule has 2 aromatic carbocycles. The van der Waals surface area contributed by atoms with Crippen LogP contribution in [0.3, 0.4) is 0 Å². The first-order valence-corrected chi connectivity index (χ1v) is 15.3. The number of thiophene rings is 1. The van der Waals surface area contributed by atoms with Crippen molar-refractivity contribution in [3.8, 4) is 23.2 Å². The highest BCUT2D eigenvalue weighted by atomic mass is 32.1. The fourth-order valence-electron chi connectivity index (χ4n) is 6.21. The lowest BCUT2D eigenvalue weighted by atomic mass is 9.92. The number of hydrogen-bond acceptors (Lipinski definition) is 9. The smallest absolute Gasteiger partial charge is 0.417 e. The molecule has 16 heteroatoms. The molecule has 0 unspecified atom stereocenters. The molecule has 2 N–H and O–H groups in total. The van der Waals surface area contributed by atoms with Crippen LogP contribution in [0.2, 0.25) is 0 Å². The highest BCUT2D eigenvalue weighted by Gasteiger charge is 2.40. The van der Waals surface area contributed by atoms with Crippen molar-refractivity contribution in [1.29, 1.82) is 5.26 Å². The van der Waals surface area contributed by atoms with E-state index in [2.05, 4.69) is 15.1 Å². The van der Waals surface area contributed by atoms with Gasteiger partial charge in [-0.05, 0) is 36.5 Å². The first kappa shape index (κ1) is 30.6. The van der Waals surface area contributed by atoms with Crippen molar-refractivity contribution in [2.75, 3.05) is 38.4 Å². The van der Waals surface area contributed by atoms with E-state index >= 15 is 4.39 Å². The Morgan fingerprint density at radius 3 is 2.57 bits per heavy atom. The van der Waals surface area contributed by atoms with Crippen LogP contribution in [0, 0.1) is 23.0 Å². The molecule has 242 valence electrons. The summed E-state index contributed by atoms with van der Waals surface area (Å²) in [6.45, 7) is 0.658. The summed E-state index contributed by atoms with van der Waals surface area (Å²) in [5.41, 5.74) is 4.45. The lowest BCUT2D eigenvalue weighted by Gasteiger charge is -2.30. The second kappa shape index (κ2) is 10.8. The summed E-state index contributed by atoms with van der Waals surface area (Å²) in [6.07, 6.45) is -3.34. The van der Waals surface area contributed by atoms with Gasteiger partial charge in [0.05, 0.1) is 41.7 Å². The number of aromatic nitrogens is 4. The van der Waals surface area contributed by atoms with Crippen LogP contribution in [-0.2, 0) is 19.3 Å². The molecule has 0 radical (unpaired) electrons. The quantitative estimate of drug-likeness (QED) is 0.224. The Hall–Kier alpha value is -5.04. The van der Waals surface area contributed by atoms with Crippen LogP contribution in [0.15, 0.2) is 18.2 Å². The SMILES string of the molecule is COc1nc(N2CCn3nc(C(=O)N(C)C)c(C4CC4)c3C2)c2cc(C(F)(F)F)c(-c3ccc(F)c4sc(N)c(C#N)c34)c(F)c2n1. The van der Waals surface area contributed by atoms with Crippen molar-refractivity contribution in [3.63, 3.8) is 0 Å². The average Bonchev–Trinajstić information content (AvgIpc) is 3.71. The van der Waals surface area contributed by atoms with E-state index < -0.39 is 34.5 Å². The standard InChI is InChI=1S/C31H25F5N8O2S/c1-42(2)29(45)25-20(13-4-5-13)19-12-43(8-9-44(19)41-25)28-15-10-17(31(34,35)36)22(23(33)24(15)39-30(40-28)46-3)14-6-7-18(32)26-21(14)16(11-37)27(38)47-26/h6-7,10,13H,4-5,8-9,12,38H2,1-3H3. The zero-order chi connectivity index (χ0) is 33.5. The van der Waals surface area contributed by atoms with Crippen molar-refractivity contribution in [2.24, 2.45) is 0 Å². The van der Waals surface area contributed by atoms with Gasteiger partial charge in [-0.2, -0.15) is 33.5 Å². The summed E-state index contributed by atoms with van der Waals surface area (Å²) < 4.78 is 83.0. The molecule has 47 heavy (non-hydrogen) atoms. The van der Waals surface area contributed by atoms with Crippen LogP contribution in [0.1, 0.15) is 51.6 Å². The number of fused-ring (bicyclic) bond motifs is 3. The predicted molar refractivity (Wildman–Crippen MR) is 164 cm³/mol. The molecule has 2 aliphatic rings. The van der Waals surface area contributed by atoms with Gasteiger partial charge in [-0.1, -0.05) is 6.07 Å². The van der Waals surface area contributed by atoms with Crippen LogP contribution in [0.25, 0.3) is 32.1 Å². The number of carbonyl (C=O) groups is 1. The summed E-state index contributed by atoms with van der Waals surface area (Å²) in [4.78, 5) is 24.6. The molecule has 3 aromatic heterocycles. The minimum Gasteiger partial charge on any atom is -0.467 e. The van der Waals surface area contributed by atoms with E-state index in [1.165, 1.54) is 12.0 Å². The second-order valence-electron chi connectivity index (χ2n) is 11.6. The molecule has 10 nitrogen and oxygen atoms in total. The molecule has 5 aromatic rings. The van der Waals surface area contributed by atoms with E-state index in [-0.39, 0.29) is 68.3 Å². The van der Waals surface area contributed by atoms with Gasteiger partial charge in [0, 0.05) is 42.5 Å². The number of nitriles is 1. The number of amides is 1. The first-order valence-electron chi connectivity index (χ1n) is 14.5. The Bertz CT molecular complexity index is 2180. The van der Waals surface area contributed by atoms with Crippen molar-refractivity contribution < 1.29 is 31.5 Å². The molecule has 0 spiro atoms. The predicted octanol–water partition coefficient (Wildman–Crippen LogP) is 6.07. The third-order valence-corrected chi connectivity index (χ3v) is 9.52. The molecular weight excluding hydrogens is 643 g/mol. The molecule has 1 amide bonds. The Labute approximate surface area is 267 Å². The number of nitrogens with zero attached hydrogens (tertiary/aromatic N) is 7. The zero-order valence-electron chi connectivity index (χ0n) is 25.2. The maximum absolute atomic E-state index is 16.7. The molecule has 0 saturated heterocycles. The largest absolute Gasteiger partial charge is 0.467 e. The van der Waals surface area contributed by atoms with E-state index in [0.717, 1.165) is 42.3 Å². The number of nitrogens with two attached hydrogens (primary N) is 1. The van der Waals surface area contributed by atoms with Crippen LogP contribution >= 0.6 is 11.3 Å². The second-order valence-corrected chi connectivity index (χ2v) is 12.7. The van der Waals surface area contributed by atoms with Crippen LogP contribution < -0.4 is 15.4 Å². The lowest BCUT2D eigenvalue weighted by molar-refractivity contribution is -0.137. The van der Waals surface area contributed by atoms with Gasteiger partial charge in [-0.25, -0.2) is 8.78 Å². The summed E-state index contributed by atoms with van der Waals surface area (Å²) in [7, 11) is 4.52. The Morgan fingerprint density at radius 1 is 1.19 bits per heavy atom. The Balaban J connectivity index is 1.46. The first-order chi connectivity index (χ1) is 22.3. The fourth-order valence-corrected chi connectivity index (χ4v) is 7.16. The van der Waals surface area contributed by atoms with Gasteiger partial charge in [0.2, 0.25) is 0 Å². The molecule has 1 aliphatic carbocycles. The molecule has 1 saturated carbocycles. The van der Waals surface area contributed by atoms with Gasteiger partial charge >= 0.3 is 12.2 Å². The molecule has 1 aliphatic heterocycles. The van der Waals surface area contributed by atoms with Gasteiger partial charge in [-0.15, -0.1) is 11.3 Å². The number of anilines is 2. The van der Waals surface area contributed by atoms with Gasteiger partial charge in [0.15, 0.2) is 11.5 Å². The molecule has 0 atom stereocenters. The molecular formula is C31H25F5N8O2S. The van der Waals surface area contributed by atoms with Gasteiger partial charge < -0.3 is 20.3 Å². The summed E-state index contributed by atoms with van der Waals surface area (Å²) in [6, 6.07) is 4.21. The Morgan fingerprint density at radius 2 is 1.94 bits per heavy atom. The maximum atomic E-state index is 16.7. The van der Waals surface area contributed by atoms with Crippen molar-refractivity contribution in [3.05, 3.63) is 57.9 Å². The summed E-state index contributed by atoms with van der Waals surface area (Å²) >= 11 is 0.689. The van der Waals surface area contributed by atoms with Crippen LogP contribution in [0.5, 0.6) is 6.01 Å². The number of carbonyl (C=O) groups excluding carboxylic acids is 1. The number of nitrogen functional groups attached to an aromatic ring is 1. The monoisotopic (exact) mass is 668 g/mol. The minimum atomic E-state index is -5.09. The van der Waals surface area contributed by atoms with Gasteiger partial charge in [0.25, 0.3) is 5.91 Å². The molecule has 7 rings (SSSR count). The van der Waals surface area contributed by atoms with Gasteiger partial charge in [0.1, 0.15) is 28.2 Å². The third-order valence-electron chi connectivity index (χ3n) is 8.49. The number of halogens is 5. The van der Waals surface area contributed by atoms with E-state index in [1.54, 1.807) is 23.7 Å². The van der Waals surface area contributed by atoms with Crippen molar-refractivity contribution in [2.45, 2.75) is 38.0 Å². The summed E-state index contributed by atoms with van der Waals surface area (Å²) in [5, 5.41) is 13.8. The van der Waals surface area contributed by atoms with Crippen molar-refractivity contribution >= 4 is 49.1 Å². The number of methoxy groups -OCH3 is 1. The Kier molecular flexibility index (Phi) is 7.01. The molecule has 1 fully saturated rings. The number of ether oxygens (including phenoxy) is 1. The van der Waals surface area contributed by atoms with Crippen LogP contribution in [-0.4, -0.2) is 58.3 Å². The van der Waals surface area contributed by atoms with Crippen molar-refractivity contribution in [1.82, 2.24) is 24.6 Å². The van der Waals surface area contributed by atoms with Gasteiger partial charge in [-0.3, -0.25) is 9.48 Å². The minimum absolute atomic E-state index is 0.000715. The lowest BCUT2D eigenvalue weighted by Crippen LogP contribution is -2.35. The number of hydrogen-bond donors (Lipinski definition) is 1. The fraction of sp³-hybridized carbons (Fsp3) is 0.323. The van der Waals surface area contributed by atoms with E-state index in [4.69, 9.17) is 10.5 Å². The normalized spacial score (nSPS) is 14.8. The highest BCUT2D eigenvalue weighted by Crippen LogP contribution is 2.49. The molecule has 4 heterocycles. The zero-order valence-corrected chi connectivity index (χ0v) is 26.0. The number of alkyl halides is 3. The maximum Gasteiger partial charge on any atom is 0.417 e. The average molecular weight is 669 g/mol. The number of benzene rings is 2. The summed E-state index contributed by atoms with van der Waals surface area (Å²) in [5.74, 6) is -2.28. The van der Waals surface area contributed by atoms with E-state index in [0.29, 0.717) is 23.6 Å². The van der Waals surface area contributed by atoms with Crippen LogP contribution in [0.4, 0.5) is 32.8 Å². The topological polar surface area (TPSA) is 126 Å². The third kappa shape index (κ3) is 4.79. The van der Waals surface area contributed by atoms with E-state index in [1.807, 2.05) is 6.07 Å². The molecule has 0 bridgehead atoms.